The van der Waals surface area contributed by atoms with Gasteiger partial charge in [-0.2, -0.15) is 11.8 Å². The Hall–Kier alpha value is -0.940. The Morgan fingerprint density at radius 2 is 2.00 bits per heavy atom. The first-order valence-corrected chi connectivity index (χ1v) is 6.89. The minimum absolute atomic E-state index is 0.162. The number of thioether (sulfide) groups is 1. The van der Waals surface area contributed by atoms with Crippen molar-refractivity contribution in [3.63, 3.8) is 0 Å². The zero-order valence-electron chi connectivity index (χ0n) is 9.83. The van der Waals surface area contributed by atoms with E-state index in [2.05, 4.69) is 0 Å². The summed E-state index contributed by atoms with van der Waals surface area (Å²) in [5.74, 6) is -1.76. The molecule has 1 aliphatic heterocycles. The van der Waals surface area contributed by atoms with Crippen molar-refractivity contribution in [3.8, 4) is 0 Å². The molecule has 98 valence electrons. The molecule has 0 spiro atoms. The second kappa shape index (κ2) is 6.29. The predicted octanol–water partition coefficient (Wildman–Crippen LogP) is 3.06. The molecule has 0 bridgehead atoms. The quantitative estimate of drug-likeness (QED) is 0.788. The van der Waals surface area contributed by atoms with Gasteiger partial charge in [-0.25, -0.2) is 8.78 Å². The minimum atomic E-state index is -0.975. The summed E-state index contributed by atoms with van der Waals surface area (Å²) in [6.45, 7) is 1.47. The first-order chi connectivity index (χ1) is 8.66. The van der Waals surface area contributed by atoms with Crippen LogP contribution in [0.25, 0.3) is 0 Å². The molecule has 0 atom stereocenters. The van der Waals surface area contributed by atoms with Crippen molar-refractivity contribution in [1.82, 2.24) is 0 Å². The van der Waals surface area contributed by atoms with E-state index in [-0.39, 0.29) is 11.3 Å². The van der Waals surface area contributed by atoms with E-state index in [1.807, 2.05) is 0 Å². The molecule has 1 aliphatic rings. The number of carbonyl (C=O) groups is 1. The number of rotatable bonds is 4. The van der Waals surface area contributed by atoms with Gasteiger partial charge in [0.2, 0.25) is 0 Å². The van der Waals surface area contributed by atoms with Crippen molar-refractivity contribution in [1.29, 1.82) is 0 Å². The van der Waals surface area contributed by atoms with E-state index in [1.54, 1.807) is 11.8 Å². The van der Waals surface area contributed by atoms with Gasteiger partial charge in [-0.15, -0.1) is 0 Å². The van der Waals surface area contributed by atoms with Crippen molar-refractivity contribution >= 4 is 17.5 Å². The number of Topliss-reactive ketones (excluding diaryl/α,β-unsaturated/α-hetero) is 1. The molecule has 0 aromatic heterocycles. The Balaban J connectivity index is 1.88. The van der Waals surface area contributed by atoms with Crippen molar-refractivity contribution in [2.75, 3.05) is 19.0 Å². The second-order valence-electron chi connectivity index (χ2n) is 4.17. The minimum Gasteiger partial charge on any atom is -0.381 e. The lowest BCUT2D eigenvalue weighted by molar-refractivity contribution is 0.0988. The van der Waals surface area contributed by atoms with Crippen molar-refractivity contribution < 1.29 is 18.3 Å². The zero-order valence-corrected chi connectivity index (χ0v) is 10.6. The lowest BCUT2D eigenvalue weighted by atomic mass is 10.1. The summed E-state index contributed by atoms with van der Waals surface area (Å²) in [5.41, 5.74) is 0.230. The molecule has 0 unspecified atom stereocenters. The molecule has 1 aromatic carbocycles. The van der Waals surface area contributed by atoms with Gasteiger partial charge in [-0.05, 0) is 31.0 Å². The topological polar surface area (TPSA) is 26.3 Å². The Kier molecular flexibility index (Phi) is 4.72. The maximum atomic E-state index is 13.0. The van der Waals surface area contributed by atoms with Gasteiger partial charge in [-0.3, -0.25) is 4.79 Å². The Morgan fingerprint density at radius 3 is 2.67 bits per heavy atom. The van der Waals surface area contributed by atoms with Crippen LogP contribution in [0.1, 0.15) is 23.2 Å². The molecule has 0 aliphatic carbocycles. The molecule has 18 heavy (non-hydrogen) atoms. The van der Waals surface area contributed by atoms with E-state index < -0.39 is 11.6 Å². The summed E-state index contributed by atoms with van der Waals surface area (Å²) in [7, 11) is 0. The zero-order chi connectivity index (χ0) is 13.0. The summed E-state index contributed by atoms with van der Waals surface area (Å²) >= 11 is 1.56. The van der Waals surface area contributed by atoms with Crippen LogP contribution in [-0.4, -0.2) is 30.0 Å². The molecule has 0 N–H and O–H groups in total. The van der Waals surface area contributed by atoms with Crippen molar-refractivity contribution in [2.45, 2.75) is 18.1 Å². The van der Waals surface area contributed by atoms with Gasteiger partial charge in [0.25, 0.3) is 0 Å². The summed E-state index contributed by atoms with van der Waals surface area (Å²) in [4.78, 5) is 11.8. The van der Waals surface area contributed by atoms with E-state index in [9.17, 15) is 13.6 Å². The van der Waals surface area contributed by atoms with Crippen LogP contribution in [0.15, 0.2) is 18.2 Å². The highest BCUT2D eigenvalue weighted by Gasteiger charge is 2.17. The first kappa shape index (κ1) is 13.5. The number of benzene rings is 1. The van der Waals surface area contributed by atoms with Crippen LogP contribution in [0.4, 0.5) is 8.78 Å². The molecule has 1 aromatic rings. The van der Waals surface area contributed by atoms with Gasteiger partial charge in [0, 0.05) is 24.0 Å². The fourth-order valence-corrected chi connectivity index (χ4v) is 2.87. The van der Waals surface area contributed by atoms with E-state index in [4.69, 9.17) is 4.74 Å². The Morgan fingerprint density at radius 1 is 1.28 bits per heavy atom. The molecule has 1 fully saturated rings. The molecule has 5 heteroatoms. The third-order valence-corrected chi connectivity index (χ3v) is 4.23. The average Bonchev–Trinajstić information content (AvgIpc) is 2.40. The average molecular weight is 272 g/mol. The molecule has 1 heterocycles. The third-order valence-electron chi connectivity index (χ3n) is 2.86. The van der Waals surface area contributed by atoms with E-state index in [1.165, 1.54) is 6.07 Å². The summed E-state index contributed by atoms with van der Waals surface area (Å²) < 4.78 is 30.9. The summed E-state index contributed by atoms with van der Waals surface area (Å²) in [5, 5.41) is 0.424. The monoisotopic (exact) mass is 272 g/mol. The molecular weight excluding hydrogens is 258 g/mol. The van der Waals surface area contributed by atoms with Gasteiger partial charge in [0.05, 0.1) is 5.75 Å². The highest BCUT2D eigenvalue weighted by molar-refractivity contribution is 8.00. The number of carbonyl (C=O) groups excluding carboxylic acids is 1. The maximum absolute atomic E-state index is 13.0. The fourth-order valence-electron chi connectivity index (χ4n) is 1.79. The van der Waals surface area contributed by atoms with E-state index >= 15 is 0 Å². The highest BCUT2D eigenvalue weighted by Crippen LogP contribution is 2.23. The maximum Gasteiger partial charge on any atom is 0.172 e. The van der Waals surface area contributed by atoms with Gasteiger partial charge in [0.15, 0.2) is 17.4 Å². The van der Waals surface area contributed by atoms with Crippen molar-refractivity contribution in [3.05, 3.63) is 35.4 Å². The molecule has 2 nitrogen and oxygen atoms in total. The van der Waals surface area contributed by atoms with E-state index in [0.717, 1.165) is 38.2 Å². The molecule has 0 radical (unpaired) electrons. The Labute approximate surface area is 109 Å². The third kappa shape index (κ3) is 3.53. The SMILES string of the molecule is O=C(CSC1CCOCC1)c1ccc(F)c(F)c1. The van der Waals surface area contributed by atoms with Crippen molar-refractivity contribution in [2.24, 2.45) is 0 Å². The predicted molar refractivity (Wildman–Crippen MR) is 67.0 cm³/mol. The molecule has 0 saturated carbocycles. The lowest BCUT2D eigenvalue weighted by Crippen LogP contribution is -2.19. The van der Waals surface area contributed by atoms with Gasteiger partial charge in [-0.1, -0.05) is 0 Å². The number of halogens is 2. The van der Waals surface area contributed by atoms with Crippen LogP contribution in [0.3, 0.4) is 0 Å². The van der Waals surface area contributed by atoms with Crippen LogP contribution < -0.4 is 0 Å². The molecule has 0 amide bonds. The highest BCUT2D eigenvalue weighted by atomic mass is 32.2. The number of ketones is 1. The largest absolute Gasteiger partial charge is 0.381 e. The van der Waals surface area contributed by atoms with Crippen LogP contribution >= 0.6 is 11.8 Å². The second-order valence-corrected chi connectivity index (χ2v) is 5.46. The number of hydrogen-bond donors (Lipinski definition) is 0. The van der Waals surface area contributed by atoms with Crippen LogP contribution in [0.2, 0.25) is 0 Å². The van der Waals surface area contributed by atoms with Gasteiger partial charge >= 0.3 is 0 Å². The Bertz CT molecular complexity index is 431. The first-order valence-electron chi connectivity index (χ1n) is 5.84. The van der Waals surface area contributed by atoms with E-state index in [0.29, 0.717) is 11.0 Å². The van der Waals surface area contributed by atoms with Crippen LogP contribution in [-0.2, 0) is 4.74 Å². The molecule has 2 rings (SSSR count). The summed E-state index contributed by atoms with van der Waals surface area (Å²) in [6, 6.07) is 3.27. The standard InChI is InChI=1S/C13H14F2O2S/c14-11-2-1-9(7-12(11)15)13(16)8-18-10-3-5-17-6-4-10/h1-2,7,10H,3-6,8H2. The summed E-state index contributed by atoms with van der Waals surface area (Å²) in [6.07, 6.45) is 1.88. The van der Waals surface area contributed by atoms with Crippen LogP contribution in [0, 0.1) is 11.6 Å². The van der Waals surface area contributed by atoms with Gasteiger partial charge < -0.3 is 4.74 Å². The van der Waals surface area contributed by atoms with Crippen LogP contribution in [0.5, 0.6) is 0 Å². The molecule has 1 saturated heterocycles. The normalized spacial score (nSPS) is 16.8. The lowest BCUT2D eigenvalue weighted by Gasteiger charge is -2.21. The number of hydrogen-bond acceptors (Lipinski definition) is 3. The fraction of sp³-hybridized carbons (Fsp3) is 0.462. The van der Waals surface area contributed by atoms with Gasteiger partial charge in [0.1, 0.15) is 0 Å². The molecular formula is C13H14F2O2S. The number of ether oxygens (including phenoxy) is 1. The smallest absolute Gasteiger partial charge is 0.172 e.